The summed E-state index contributed by atoms with van der Waals surface area (Å²) in [4.78, 5) is 41.7. The molecule has 1 unspecified atom stereocenters. The van der Waals surface area contributed by atoms with Crippen molar-refractivity contribution in [2.45, 2.75) is 50.9 Å². The van der Waals surface area contributed by atoms with Crippen LogP contribution in [0.25, 0.3) is 0 Å². The summed E-state index contributed by atoms with van der Waals surface area (Å²) in [6, 6.07) is 4.32. The zero-order valence-electron chi connectivity index (χ0n) is 16.9. The Morgan fingerprint density at radius 3 is 2.37 bits per heavy atom. The average molecular weight is 456 g/mol. The van der Waals surface area contributed by atoms with Crippen LogP contribution in [0.1, 0.15) is 43.0 Å². The molecule has 30 heavy (non-hydrogen) atoms. The molecule has 164 valence electrons. The standard InChI is InChI=1S/C20H27Cl2N5O3/c1-2-24-20(30)27-10-9-26(19(29)12-3-8-15(21)16(22)11-12)18(27)17(28)25-14-6-4-13(23)5-7-14/h3,8,11,13-14,18H,2,4-7,9-10,23H2,1H3,(H,24,30)(H,25,28). The van der Waals surface area contributed by atoms with Gasteiger partial charge in [-0.3, -0.25) is 14.5 Å². The maximum absolute atomic E-state index is 13.2. The number of urea groups is 1. The van der Waals surface area contributed by atoms with Crippen molar-refractivity contribution < 1.29 is 14.4 Å². The molecular formula is C20H27Cl2N5O3. The molecule has 1 aromatic rings. The highest BCUT2D eigenvalue weighted by Gasteiger charge is 2.43. The molecular weight excluding hydrogens is 429 g/mol. The summed E-state index contributed by atoms with van der Waals surface area (Å²) in [5, 5.41) is 6.31. The van der Waals surface area contributed by atoms with E-state index in [1.807, 2.05) is 0 Å². The van der Waals surface area contributed by atoms with Crippen LogP contribution < -0.4 is 16.4 Å². The second kappa shape index (κ2) is 9.85. The van der Waals surface area contributed by atoms with Gasteiger partial charge in [-0.2, -0.15) is 0 Å². The lowest BCUT2D eigenvalue weighted by molar-refractivity contribution is -0.129. The molecule has 2 fully saturated rings. The number of nitrogens with two attached hydrogens (primary N) is 1. The summed E-state index contributed by atoms with van der Waals surface area (Å²) in [7, 11) is 0. The SMILES string of the molecule is CCNC(=O)N1CCN(C(=O)c2ccc(Cl)c(Cl)c2)C1C(=O)NC1CCC(N)CC1. The van der Waals surface area contributed by atoms with Crippen molar-refractivity contribution in [3.05, 3.63) is 33.8 Å². The van der Waals surface area contributed by atoms with E-state index >= 15 is 0 Å². The van der Waals surface area contributed by atoms with Crippen LogP contribution in [0.15, 0.2) is 18.2 Å². The van der Waals surface area contributed by atoms with E-state index in [9.17, 15) is 14.4 Å². The van der Waals surface area contributed by atoms with Crippen molar-refractivity contribution >= 4 is 41.0 Å². The van der Waals surface area contributed by atoms with Gasteiger partial charge in [-0.05, 0) is 50.8 Å². The summed E-state index contributed by atoms with van der Waals surface area (Å²) < 4.78 is 0. The minimum Gasteiger partial charge on any atom is -0.350 e. The van der Waals surface area contributed by atoms with Crippen LogP contribution in [0, 0.1) is 0 Å². The Morgan fingerprint density at radius 1 is 1.07 bits per heavy atom. The van der Waals surface area contributed by atoms with E-state index in [2.05, 4.69) is 10.6 Å². The molecule has 4 amide bonds. The van der Waals surface area contributed by atoms with Crippen molar-refractivity contribution in [3.8, 4) is 0 Å². The van der Waals surface area contributed by atoms with E-state index in [4.69, 9.17) is 28.9 Å². The van der Waals surface area contributed by atoms with Crippen LogP contribution >= 0.6 is 23.2 Å². The topological polar surface area (TPSA) is 108 Å². The first-order valence-electron chi connectivity index (χ1n) is 10.2. The number of carbonyl (C=O) groups is 3. The summed E-state index contributed by atoms with van der Waals surface area (Å²) in [5.74, 6) is -0.751. The Balaban J connectivity index is 1.81. The van der Waals surface area contributed by atoms with Crippen LogP contribution in [0.5, 0.6) is 0 Å². The molecule has 0 aromatic heterocycles. The number of amides is 4. The highest BCUT2D eigenvalue weighted by atomic mass is 35.5. The van der Waals surface area contributed by atoms with Crippen molar-refractivity contribution in [2.75, 3.05) is 19.6 Å². The maximum atomic E-state index is 13.2. The summed E-state index contributed by atoms with van der Waals surface area (Å²) >= 11 is 12.0. The van der Waals surface area contributed by atoms with Gasteiger partial charge >= 0.3 is 6.03 Å². The second-order valence-electron chi connectivity index (χ2n) is 7.65. The van der Waals surface area contributed by atoms with Gasteiger partial charge < -0.3 is 21.3 Å². The fourth-order valence-electron chi connectivity index (χ4n) is 3.92. The monoisotopic (exact) mass is 455 g/mol. The van der Waals surface area contributed by atoms with Gasteiger partial charge in [0.15, 0.2) is 6.17 Å². The summed E-state index contributed by atoms with van der Waals surface area (Å²) in [5.41, 5.74) is 6.26. The number of hydrogen-bond acceptors (Lipinski definition) is 4. The minimum atomic E-state index is -1.03. The fraction of sp³-hybridized carbons (Fsp3) is 0.550. The quantitative estimate of drug-likeness (QED) is 0.646. The lowest BCUT2D eigenvalue weighted by atomic mass is 9.92. The molecule has 8 nitrogen and oxygen atoms in total. The number of rotatable bonds is 4. The van der Waals surface area contributed by atoms with Crippen molar-refractivity contribution in [1.29, 1.82) is 0 Å². The number of nitrogens with one attached hydrogen (secondary N) is 2. The predicted octanol–water partition coefficient (Wildman–Crippen LogP) is 2.19. The molecule has 1 aliphatic carbocycles. The molecule has 2 aliphatic rings. The largest absolute Gasteiger partial charge is 0.350 e. The Kier molecular flexibility index (Phi) is 7.44. The number of halogens is 2. The number of nitrogens with zero attached hydrogens (tertiary/aromatic N) is 2. The smallest absolute Gasteiger partial charge is 0.319 e. The average Bonchev–Trinajstić information content (AvgIpc) is 3.17. The van der Waals surface area contributed by atoms with E-state index in [0.29, 0.717) is 17.1 Å². The van der Waals surface area contributed by atoms with Crippen LogP contribution in [-0.4, -0.2) is 65.5 Å². The van der Waals surface area contributed by atoms with Crippen LogP contribution in [0.4, 0.5) is 4.79 Å². The van der Waals surface area contributed by atoms with Gasteiger partial charge in [0.25, 0.3) is 11.8 Å². The highest BCUT2D eigenvalue weighted by molar-refractivity contribution is 6.42. The van der Waals surface area contributed by atoms with Gasteiger partial charge in [0, 0.05) is 37.3 Å². The Bertz CT molecular complexity index is 814. The molecule has 0 bridgehead atoms. The van der Waals surface area contributed by atoms with E-state index in [1.54, 1.807) is 13.0 Å². The van der Waals surface area contributed by atoms with Gasteiger partial charge in [-0.1, -0.05) is 23.2 Å². The molecule has 1 aliphatic heterocycles. The van der Waals surface area contributed by atoms with Crippen LogP contribution in [0.3, 0.4) is 0 Å². The number of hydrogen-bond donors (Lipinski definition) is 3. The minimum absolute atomic E-state index is 0.0177. The molecule has 0 spiro atoms. The molecule has 1 atom stereocenters. The Labute approximate surface area is 186 Å². The number of benzene rings is 1. The third-order valence-electron chi connectivity index (χ3n) is 5.54. The molecule has 10 heteroatoms. The zero-order valence-corrected chi connectivity index (χ0v) is 18.4. The first kappa shape index (κ1) is 22.7. The van der Waals surface area contributed by atoms with Gasteiger partial charge in [-0.15, -0.1) is 0 Å². The lowest BCUT2D eigenvalue weighted by Gasteiger charge is -2.32. The van der Waals surface area contributed by atoms with E-state index in [1.165, 1.54) is 21.9 Å². The van der Waals surface area contributed by atoms with Gasteiger partial charge in [0.1, 0.15) is 0 Å². The van der Waals surface area contributed by atoms with Crippen LogP contribution in [0.2, 0.25) is 10.0 Å². The second-order valence-corrected chi connectivity index (χ2v) is 8.46. The molecule has 4 N–H and O–H groups in total. The zero-order chi connectivity index (χ0) is 21.8. The lowest BCUT2D eigenvalue weighted by Crippen LogP contribution is -2.57. The number of carbonyl (C=O) groups excluding carboxylic acids is 3. The molecule has 1 saturated heterocycles. The Morgan fingerprint density at radius 2 is 1.73 bits per heavy atom. The van der Waals surface area contributed by atoms with Crippen molar-refractivity contribution in [2.24, 2.45) is 5.73 Å². The fourth-order valence-corrected chi connectivity index (χ4v) is 4.22. The summed E-state index contributed by atoms with van der Waals surface area (Å²) in [6.07, 6.45) is 2.20. The molecule has 3 rings (SSSR count). The molecule has 0 radical (unpaired) electrons. The normalized spacial score (nSPS) is 23.9. The highest BCUT2D eigenvalue weighted by Crippen LogP contribution is 2.26. The van der Waals surface area contributed by atoms with Crippen LogP contribution in [-0.2, 0) is 4.79 Å². The summed E-state index contributed by atoms with van der Waals surface area (Å²) in [6.45, 7) is 2.72. The molecule has 1 saturated carbocycles. The molecule has 1 aromatic carbocycles. The first-order chi connectivity index (χ1) is 14.3. The van der Waals surface area contributed by atoms with Gasteiger partial charge in [-0.25, -0.2) is 4.79 Å². The van der Waals surface area contributed by atoms with Gasteiger partial charge in [0.2, 0.25) is 0 Å². The maximum Gasteiger partial charge on any atom is 0.319 e. The van der Waals surface area contributed by atoms with Gasteiger partial charge in [0.05, 0.1) is 10.0 Å². The van der Waals surface area contributed by atoms with Crippen molar-refractivity contribution in [1.82, 2.24) is 20.4 Å². The van der Waals surface area contributed by atoms with E-state index < -0.39 is 6.17 Å². The first-order valence-corrected chi connectivity index (χ1v) is 10.9. The Hall–Kier alpha value is -2.03. The third kappa shape index (κ3) is 4.99. The van der Waals surface area contributed by atoms with E-state index in [-0.39, 0.29) is 48.0 Å². The predicted molar refractivity (Wildman–Crippen MR) is 115 cm³/mol. The third-order valence-corrected chi connectivity index (χ3v) is 6.28. The van der Waals surface area contributed by atoms with E-state index in [0.717, 1.165) is 25.7 Å². The van der Waals surface area contributed by atoms with Crippen molar-refractivity contribution in [3.63, 3.8) is 0 Å². The molecule has 1 heterocycles.